The van der Waals surface area contributed by atoms with Gasteiger partial charge in [0.25, 0.3) is 0 Å². The molecule has 1 aromatic heterocycles. The predicted molar refractivity (Wildman–Crippen MR) is 74.6 cm³/mol. The first-order valence-electron chi connectivity index (χ1n) is 7.29. The van der Waals surface area contributed by atoms with Crippen LogP contribution in [0.15, 0.2) is 12.1 Å². The van der Waals surface area contributed by atoms with E-state index in [1.807, 2.05) is 7.05 Å². The number of fused-ring (bicyclic) bond motifs is 1. The van der Waals surface area contributed by atoms with Gasteiger partial charge in [-0.1, -0.05) is 6.42 Å². The maximum Gasteiger partial charge on any atom is 0.237 e. The molecule has 1 aromatic rings. The van der Waals surface area contributed by atoms with Gasteiger partial charge in [-0.2, -0.15) is 0 Å². The van der Waals surface area contributed by atoms with Crippen molar-refractivity contribution in [1.29, 1.82) is 0 Å². The molecule has 1 aliphatic heterocycles. The average Bonchev–Trinajstić information content (AvgIpc) is 3.05. The smallest absolute Gasteiger partial charge is 0.237 e. The van der Waals surface area contributed by atoms with E-state index in [0.29, 0.717) is 12.5 Å². The Balaban J connectivity index is 1.58. The molecule has 19 heavy (non-hydrogen) atoms. The van der Waals surface area contributed by atoms with Crippen LogP contribution >= 0.6 is 0 Å². The van der Waals surface area contributed by atoms with Crippen molar-refractivity contribution in [3.8, 4) is 0 Å². The molecule has 1 aliphatic carbocycles. The van der Waals surface area contributed by atoms with Gasteiger partial charge < -0.3 is 15.2 Å². The van der Waals surface area contributed by atoms with Crippen LogP contribution in [0.5, 0.6) is 0 Å². The lowest BCUT2D eigenvalue weighted by Crippen LogP contribution is -2.43. The van der Waals surface area contributed by atoms with Crippen LogP contribution in [0.25, 0.3) is 0 Å². The maximum absolute atomic E-state index is 12.3. The van der Waals surface area contributed by atoms with E-state index in [4.69, 9.17) is 0 Å². The van der Waals surface area contributed by atoms with Crippen molar-refractivity contribution in [2.45, 2.75) is 38.8 Å². The number of rotatable bonds is 3. The zero-order chi connectivity index (χ0) is 13.4. The molecule has 0 spiro atoms. The topological polar surface area (TPSA) is 46.1 Å². The average molecular weight is 261 g/mol. The summed E-state index contributed by atoms with van der Waals surface area (Å²) in [6, 6.07) is 4.20. The molecule has 3 unspecified atom stereocenters. The minimum absolute atomic E-state index is 0.0360. The second kappa shape index (κ2) is 5.00. The van der Waals surface area contributed by atoms with Gasteiger partial charge in [0, 0.05) is 18.4 Å². The number of nitrogens with one attached hydrogen (secondary N) is 2. The molecule has 2 aliphatic rings. The van der Waals surface area contributed by atoms with E-state index >= 15 is 0 Å². The first kappa shape index (κ1) is 12.7. The molecule has 3 rings (SSSR count). The Labute approximate surface area is 114 Å². The largest absolute Gasteiger partial charge is 0.350 e. The number of hydrogen-bond acceptors (Lipinski definition) is 2. The van der Waals surface area contributed by atoms with E-state index in [2.05, 4.69) is 34.3 Å². The minimum Gasteiger partial charge on any atom is -0.350 e. The molecule has 1 saturated heterocycles. The lowest BCUT2D eigenvalue weighted by molar-refractivity contribution is -0.124. The number of carbonyl (C=O) groups excluding carboxylic acids is 1. The predicted octanol–water partition coefficient (Wildman–Crippen LogP) is 1.34. The van der Waals surface area contributed by atoms with E-state index in [-0.39, 0.29) is 11.9 Å². The van der Waals surface area contributed by atoms with Crippen LogP contribution in [-0.2, 0) is 18.4 Å². The highest BCUT2D eigenvalue weighted by Crippen LogP contribution is 2.37. The second-order valence-electron chi connectivity index (χ2n) is 5.98. The highest BCUT2D eigenvalue weighted by atomic mass is 16.2. The van der Waals surface area contributed by atoms with Gasteiger partial charge in [-0.15, -0.1) is 0 Å². The second-order valence-corrected chi connectivity index (χ2v) is 5.98. The molecule has 2 N–H and O–H groups in total. The first-order chi connectivity index (χ1) is 9.16. The molecule has 0 aromatic carbocycles. The molecule has 0 radical (unpaired) electrons. The van der Waals surface area contributed by atoms with E-state index in [9.17, 15) is 4.79 Å². The molecule has 2 heterocycles. The van der Waals surface area contributed by atoms with Gasteiger partial charge in [0.15, 0.2) is 0 Å². The lowest BCUT2D eigenvalue weighted by atomic mass is 9.93. The van der Waals surface area contributed by atoms with Gasteiger partial charge in [0.2, 0.25) is 5.91 Å². The number of aromatic nitrogens is 1. The van der Waals surface area contributed by atoms with Gasteiger partial charge >= 0.3 is 0 Å². The number of aryl methyl sites for hydroxylation is 1. The Kier molecular flexibility index (Phi) is 3.35. The molecular weight excluding hydrogens is 238 g/mol. The number of nitrogens with zero attached hydrogens (tertiary/aromatic N) is 1. The Morgan fingerprint density at radius 2 is 2.32 bits per heavy atom. The zero-order valence-corrected chi connectivity index (χ0v) is 11.8. The van der Waals surface area contributed by atoms with Crippen molar-refractivity contribution in [3.63, 3.8) is 0 Å². The summed E-state index contributed by atoms with van der Waals surface area (Å²) in [5, 5.41) is 6.48. The third kappa shape index (κ3) is 2.29. The van der Waals surface area contributed by atoms with E-state index in [1.165, 1.54) is 25.0 Å². The molecule has 0 bridgehead atoms. The zero-order valence-electron chi connectivity index (χ0n) is 11.8. The maximum atomic E-state index is 12.3. The fourth-order valence-electron chi connectivity index (χ4n) is 3.61. The molecule has 4 nitrogen and oxygen atoms in total. The summed E-state index contributed by atoms with van der Waals surface area (Å²) in [6.45, 7) is 3.72. The molecule has 1 saturated carbocycles. The minimum atomic E-state index is 0.0360. The summed E-state index contributed by atoms with van der Waals surface area (Å²) in [7, 11) is 2.04. The number of amides is 1. The van der Waals surface area contributed by atoms with Crippen LogP contribution in [-0.4, -0.2) is 23.1 Å². The van der Waals surface area contributed by atoms with Crippen LogP contribution in [0.2, 0.25) is 0 Å². The van der Waals surface area contributed by atoms with Crippen molar-refractivity contribution in [3.05, 3.63) is 23.5 Å². The lowest BCUT2D eigenvalue weighted by Gasteiger charge is -2.18. The Hall–Kier alpha value is -1.29. The van der Waals surface area contributed by atoms with Crippen LogP contribution in [0, 0.1) is 18.8 Å². The van der Waals surface area contributed by atoms with Gasteiger partial charge in [0.05, 0.1) is 12.6 Å². The Morgan fingerprint density at radius 3 is 3.05 bits per heavy atom. The Morgan fingerprint density at radius 1 is 1.47 bits per heavy atom. The Bertz CT molecular complexity index is 480. The first-order valence-corrected chi connectivity index (χ1v) is 7.29. The van der Waals surface area contributed by atoms with E-state index < -0.39 is 0 Å². The summed E-state index contributed by atoms with van der Waals surface area (Å²) in [4.78, 5) is 12.3. The molecule has 3 atom stereocenters. The highest BCUT2D eigenvalue weighted by Gasteiger charge is 2.42. The van der Waals surface area contributed by atoms with Crippen molar-refractivity contribution >= 4 is 5.91 Å². The SMILES string of the molecule is Cc1ccc(CNC(=O)C2NCC3CCCC32)n1C. The normalized spacial score (nSPS) is 29.5. The van der Waals surface area contributed by atoms with Crippen molar-refractivity contribution in [1.82, 2.24) is 15.2 Å². The van der Waals surface area contributed by atoms with Gasteiger partial charge in [0.1, 0.15) is 0 Å². The molecule has 104 valence electrons. The third-order valence-corrected chi connectivity index (χ3v) is 4.95. The molecular formula is C15H23N3O. The van der Waals surface area contributed by atoms with Crippen LogP contribution in [0.4, 0.5) is 0 Å². The quantitative estimate of drug-likeness (QED) is 0.862. The van der Waals surface area contributed by atoms with Crippen molar-refractivity contribution in [2.75, 3.05) is 6.54 Å². The van der Waals surface area contributed by atoms with Crippen LogP contribution in [0.3, 0.4) is 0 Å². The summed E-state index contributed by atoms with van der Waals surface area (Å²) in [6.07, 6.45) is 3.79. The standard InChI is InChI=1S/C15H23N3O/c1-10-6-7-12(18(10)2)9-17-15(19)14-13-5-3-4-11(13)8-16-14/h6-7,11,13-14,16H,3-5,8-9H2,1-2H3,(H,17,19). The van der Waals surface area contributed by atoms with Crippen LogP contribution < -0.4 is 10.6 Å². The van der Waals surface area contributed by atoms with Crippen molar-refractivity contribution in [2.24, 2.45) is 18.9 Å². The monoisotopic (exact) mass is 261 g/mol. The van der Waals surface area contributed by atoms with Gasteiger partial charge in [-0.05, 0) is 50.3 Å². The van der Waals surface area contributed by atoms with Gasteiger partial charge in [-0.3, -0.25) is 4.79 Å². The number of hydrogen-bond donors (Lipinski definition) is 2. The molecule has 1 amide bonds. The summed E-state index contributed by atoms with van der Waals surface area (Å²) in [5.41, 5.74) is 2.38. The van der Waals surface area contributed by atoms with Crippen molar-refractivity contribution < 1.29 is 4.79 Å². The summed E-state index contributed by atoms with van der Waals surface area (Å²) >= 11 is 0. The number of carbonyl (C=O) groups is 1. The highest BCUT2D eigenvalue weighted by molar-refractivity contribution is 5.82. The molecule has 2 fully saturated rings. The van der Waals surface area contributed by atoms with E-state index in [1.54, 1.807) is 0 Å². The van der Waals surface area contributed by atoms with E-state index in [0.717, 1.165) is 18.2 Å². The van der Waals surface area contributed by atoms with Gasteiger partial charge in [-0.25, -0.2) is 0 Å². The fourth-order valence-corrected chi connectivity index (χ4v) is 3.61. The third-order valence-electron chi connectivity index (χ3n) is 4.95. The fraction of sp³-hybridized carbons (Fsp3) is 0.667. The van der Waals surface area contributed by atoms with Crippen LogP contribution in [0.1, 0.15) is 30.7 Å². The summed E-state index contributed by atoms with van der Waals surface area (Å²) < 4.78 is 2.13. The molecule has 4 heteroatoms. The summed E-state index contributed by atoms with van der Waals surface area (Å²) in [5.74, 6) is 1.47.